The highest BCUT2D eigenvalue weighted by Gasteiger charge is 2.03. The van der Waals surface area contributed by atoms with Crippen molar-refractivity contribution in [2.45, 2.75) is 6.92 Å². The number of aryl methyl sites for hydroxylation is 1. The van der Waals surface area contributed by atoms with Gasteiger partial charge in [0.2, 0.25) is 5.91 Å². The van der Waals surface area contributed by atoms with Crippen molar-refractivity contribution in [3.8, 4) is 0 Å². The molecule has 2 aromatic carbocycles. The molecule has 0 fully saturated rings. The molecule has 0 heterocycles. The first-order chi connectivity index (χ1) is 11.0. The summed E-state index contributed by atoms with van der Waals surface area (Å²) in [5.74, 6) is -0.889. The Hall–Kier alpha value is -2.95. The second kappa shape index (κ2) is 7.35. The van der Waals surface area contributed by atoms with Crippen LogP contribution < -0.4 is 10.6 Å². The van der Waals surface area contributed by atoms with Gasteiger partial charge in [-0.1, -0.05) is 18.2 Å². The molecular formula is C18H17FN2O2. The van der Waals surface area contributed by atoms with Gasteiger partial charge in [-0.25, -0.2) is 4.39 Å². The van der Waals surface area contributed by atoms with E-state index in [1.807, 2.05) is 0 Å². The first-order valence-corrected chi connectivity index (χ1v) is 7.07. The number of carbonyl (C=O) groups is 2. The van der Waals surface area contributed by atoms with E-state index in [0.717, 1.165) is 5.56 Å². The fourth-order valence-corrected chi connectivity index (χ4v) is 1.92. The smallest absolute Gasteiger partial charge is 0.251 e. The minimum Gasteiger partial charge on any atom is -0.355 e. The predicted octanol–water partition coefficient (Wildman–Crippen LogP) is 3.15. The summed E-state index contributed by atoms with van der Waals surface area (Å²) in [7, 11) is 1.56. The molecule has 2 aromatic rings. The van der Waals surface area contributed by atoms with Gasteiger partial charge in [0.15, 0.2) is 0 Å². The van der Waals surface area contributed by atoms with Gasteiger partial charge in [-0.05, 0) is 48.4 Å². The summed E-state index contributed by atoms with van der Waals surface area (Å²) in [6.07, 6.45) is 2.97. The van der Waals surface area contributed by atoms with E-state index in [4.69, 9.17) is 0 Å². The average molecular weight is 312 g/mol. The third-order valence-corrected chi connectivity index (χ3v) is 3.27. The molecule has 0 aliphatic carbocycles. The number of nitrogens with one attached hydrogen (secondary N) is 2. The Balaban J connectivity index is 2.00. The fraction of sp³-hybridized carbons (Fsp3) is 0.111. The molecule has 2 N–H and O–H groups in total. The molecule has 0 radical (unpaired) electrons. The lowest BCUT2D eigenvalue weighted by Gasteiger charge is -2.04. The van der Waals surface area contributed by atoms with E-state index in [1.54, 1.807) is 56.4 Å². The summed E-state index contributed by atoms with van der Waals surface area (Å²) in [5, 5.41) is 5.12. The van der Waals surface area contributed by atoms with Crippen molar-refractivity contribution >= 4 is 23.6 Å². The largest absolute Gasteiger partial charge is 0.355 e. The zero-order valence-corrected chi connectivity index (χ0v) is 12.9. The Kier molecular flexibility index (Phi) is 5.25. The molecule has 0 aliphatic rings. The van der Waals surface area contributed by atoms with Crippen LogP contribution in [0.15, 0.2) is 48.5 Å². The summed E-state index contributed by atoms with van der Waals surface area (Å²) in [6.45, 7) is 1.66. The second-order valence-corrected chi connectivity index (χ2v) is 4.99. The third-order valence-electron chi connectivity index (χ3n) is 3.27. The molecule has 5 heteroatoms. The van der Waals surface area contributed by atoms with E-state index in [1.165, 1.54) is 12.1 Å². The van der Waals surface area contributed by atoms with E-state index < -0.39 is 0 Å². The molecule has 0 saturated carbocycles. The van der Waals surface area contributed by atoms with Crippen molar-refractivity contribution in [1.82, 2.24) is 5.32 Å². The first-order valence-electron chi connectivity index (χ1n) is 7.07. The zero-order chi connectivity index (χ0) is 16.8. The van der Waals surface area contributed by atoms with Crippen molar-refractivity contribution in [3.63, 3.8) is 0 Å². The van der Waals surface area contributed by atoms with Crippen LogP contribution in [0.5, 0.6) is 0 Å². The predicted molar refractivity (Wildman–Crippen MR) is 88.6 cm³/mol. The molecule has 0 bridgehead atoms. The van der Waals surface area contributed by atoms with Crippen LogP contribution in [-0.2, 0) is 4.79 Å². The number of anilines is 1. The molecular weight excluding hydrogens is 295 g/mol. The Morgan fingerprint density at radius 1 is 1.09 bits per heavy atom. The number of amides is 2. The van der Waals surface area contributed by atoms with Crippen molar-refractivity contribution in [3.05, 3.63) is 71.0 Å². The summed E-state index contributed by atoms with van der Waals surface area (Å²) >= 11 is 0. The monoisotopic (exact) mass is 312 g/mol. The van der Waals surface area contributed by atoms with Crippen LogP contribution in [0, 0.1) is 12.7 Å². The molecule has 0 saturated heterocycles. The summed E-state index contributed by atoms with van der Waals surface area (Å²) in [6, 6.07) is 11.3. The van der Waals surface area contributed by atoms with Crippen molar-refractivity contribution in [2.24, 2.45) is 0 Å². The molecule has 23 heavy (non-hydrogen) atoms. The molecule has 0 unspecified atom stereocenters. The van der Waals surface area contributed by atoms with Crippen molar-refractivity contribution in [2.75, 3.05) is 12.4 Å². The van der Waals surface area contributed by atoms with E-state index in [0.29, 0.717) is 16.8 Å². The number of rotatable bonds is 4. The zero-order valence-electron chi connectivity index (χ0n) is 12.9. The topological polar surface area (TPSA) is 58.2 Å². The lowest BCUT2D eigenvalue weighted by atomic mass is 10.1. The number of carbonyl (C=O) groups excluding carboxylic acids is 2. The highest BCUT2D eigenvalue weighted by atomic mass is 19.1. The fourth-order valence-electron chi connectivity index (χ4n) is 1.92. The van der Waals surface area contributed by atoms with Gasteiger partial charge in [0.05, 0.1) is 0 Å². The van der Waals surface area contributed by atoms with Crippen molar-refractivity contribution < 1.29 is 14.0 Å². The highest BCUT2D eigenvalue weighted by Crippen LogP contribution is 2.13. The third kappa shape index (κ3) is 4.51. The van der Waals surface area contributed by atoms with E-state index in [9.17, 15) is 14.0 Å². The van der Waals surface area contributed by atoms with Crippen LogP contribution >= 0.6 is 0 Å². The van der Waals surface area contributed by atoms with Gasteiger partial charge in [0.1, 0.15) is 5.82 Å². The van der Waals surface area contributed by atoms with Gasteiger partial charge in [0.25, 0.3) is 5.91 Å². The van der Waals surface area contributed by atoms with Crippen molar-refractivity contribution in [1.29, 1.82) is 0 Å². The Bertz CT molecular complexity index is 752. The van der Waals surface area contributed by atoms with Crippen LogP contribution in [0.2, 0.25) is 0 Å². The molecule has 2 rings (SSSR count). The van der Waals surface area contributed by atoms with Gasteiger partial charge in [0, 0.05) is 24.4 Å². The standard InChI is InChI=1S/C18H17FN2O2/c1-12-3-9-15(11-16(12)19)21-17(22)10-6-13-4-7-14(8-5-13)18(23)20-2/h3-11H,1-2H3,(H,20,23)(H,21,22)/b10-6+. The maximum Gasteiger partial charge on any atom is 0.251 e. The molecule has 0 spiro atoms. The number of halogens is 1. The Morgan fingerprint density at radius 3 is 2.39 bits per heavy atom. The second-order valence-electron chi connectivity index (χ2n) is 4.99. The molecule has 0 aliphatic heterocycles. The van der Waals surface area contributed by atoms with Gasteiger partial charge in [-0.15, -0.1) is 0 Å². The van der Waals surface area contributed by atoms with Crippen LogP contribution in [0.1, 0.15) is 21.5 Å². The molecule has 118 valence electrons. The van der Waals surface area contributed by atoms with E-state index in [-0.39, 0.29) is 17.6 Å². The lowest BCUT2D eigenvalue weighted by Crippen LogP contribution is -2.17. The molecule has 2 amide bonds. The minimum atomic E-state index is -0.364. The van der Waals surface area contributed by atoms with Gasteiger partial charge in [-0.3, -0.25) is 9.59 Å². The normalized spacial score (nSPS) is 10.6. The average Bonchev–Trinajstić information content (AvgIpc) is 2.56. The lowest BCUT2D eigenvalue weighted by molar-refractivity contribution is -0.111. The SMILES string of the molecule is CNC(=O)c1ccc(/C=C/C(=O)Nc2ccc(C)c(F)c2)cc1. The summed E-state index contributed by atoms with van der Waals surface area (Å²) in [4.78, 5) is 23.2. The van der Waals surface area contributed by atoms with Crippen LogP contribution in [-0.4, -0.2) is 18.9 Å². The maximum absolute atomic E-state index is 13.4. The van der Waals surface area contributed by atoms with Crippen LogP contribution in [0.25, 0.3) is 6.08 Å². The van der Waals surface area contributed by atoms with Crippen LogP contribution in [0.3, 0.4) is 0 Å². The quantitative estimate of drug-likeness (QED) is 0.852. The van der Waals surface area contributed by atoms with Crippen LogP contribution in [0.4, 0.5) is 10.1 Å². The number of hydrogen-bond donors (Lipinski definition) is 2. The minimum absolute atomic E-state index is 0.167. The molecule has 0 aromatic heterocycles. The Labute approximate surface area is 134 Å². The molecule has 4 nitrogen and oxygen atoms in total. The van der Waals surface area contributed by atoms with Gasteiger partial charge in [-0.2, -0.15) is 0 Å². The first kappa shape index (κ1) is 16.4. The molecule has 0 atom stereocenters. The van der Waals surface area contributed by atoms with Gasteiger partial charge >= 0.3 is 0 Å². The van der Waals surface area contributed by atoms with Gasteiger partial charge < -0.3 is 10.6 Å². The Morgan fingerprint density at radius 2 is 1.78 bits per heavy atom. The summed E-state index contributed by atoms with van der Waals surface area (Å²) < 4.78 is 13.4. The highest BCUT2D eigenvalue weighted by molar-refractivity contribution is 6.02. The summed E-state index contributed by atoms with van der Waals surface area (Å²) in [5.41, 5.74) is 2.25. The van der Waals surface area contributed by atoms with E-state index in [2.05, 4.69) is 10.6 Å². The number of hydrogen-bond acceptors (Lipinski definition) is 2. The number of benzene rings is 2. The van der Waals surface area contributed by atoms with E-state index >= 15 is 0 Å². The maximum atomic E-state index is 13.4.